The first-order valence-electron chi connectivity index (χ1n) is 20.8. The monoisotopic (exact) mass is 789 g/mol. The van der Waals surface area contributed by atoms with Crippen molar-refractivity contribution >= 4 is 54.1 Å². The van der Waals surface area contributed by atoms with E-state index in [1.165, 1.54) is 21.5 Å². The van der Waals surface area contributed by atoms with Gasteiger partial charge in [0.25, 0.3) is 0 Å². The Morgan fingerprint density at radius 2 is 0.806 bits per heavy atom. The highest BCUT2D eigenvalue weighted by Crippen LogP contribution is 2.40. The van der Waals surface area contributed by atoms with E-state index in [-0.39, 0.29) is 0 Å². The lowest BCUT2D eigenvalue weighted by Crippen LogP contribution is -2.00. The minimum atomic E-state index is 0.627. The first kappa shape index (κ1) is 35.5. The molecule has 3 aromatic heterocycles. The van der Waals surface area contributed by atoms with Crippen molar-refractivity contribution in [3.8, 4) is 67.8 Å². The average molecular weight is 790 g/mol. The molecule has 0 fully saturated rings. The Morgan fingerprint density at radius 3 is 1.48 bits per heavy atom. The molecular weight excluding hydrogens is 755 g/mol. The summed E-state index contributed by atoms with van der Waals surface area (Å²) in [7, 11) is 0. The van der Waals surface area contributed by atoms with Gasteiger partial charge in [0.15, 0.2) is 17.5 Å². The number of nitrogens with zero attached hydrogens (tertiary/aromatic N) is 5. The van der Waals surface area contributed by atoms with Crippen LogP contribution in [0.1, 0.15) is 0 Å². The average Bonchev–Trinajstić information content (AvgIpc) is 3.36. The molecule has 12 rings (SSSR count). The van der Waals surface area contributed by atoms with Gasteiger partial charge in [-0.25, -0.2) is 24.9 Å². The molecule has 0 unspecified atom stereocenters. The predicted molar refractivity (Wildman–Crippen MR) is 256 cm³/mol. The first-order chi connectivity index (χ1) is 30.7. The van der Waals surface area contributed by atoms with Gasteiger partial charge in [-0.05, 0) is 62.3 Å². The Kier molecular flexibility index (Phi) is 8.42. The molecule has 0 saturated heterocycles. The van der Waals surface area contributed by atoms with Crippen LogP contribution in [-0.2, 0) is 0 Å². The van der Waals surface area contributed by atoms with Gasteiger partial charge in [-0.15, -0.1) is 0 Å². The molecule has 0 atom stereocenters. The van der Waals surface area contributed by atoms with Crippen molar-refractivity contribution < 1.29 is 0 Å². The molecule has 12 aromatic rings. The van der Waals surface area contributed by atoms with E-state index in [0.29, 0.717) is 17.5 Å². The molecule has 0 amide bonds. The Hall–Kier alpha value is -8.41. The van der Waals surface area contributed by atoms with Gasteiger partial charge in [0.2, 0.25) is 0 Å². The highest BCUT2D eigenvalue weighted by Gasteiger charge is 2.18. The van der Waals surface area contributed by atoms with Gasteiger partial charge in [0, 0.05) is 44.0 Å². The van der Waals surface area contributed by atoms with Crippen molar-refractivity contribution in [1.29, 1.82) is 0 Å². The minimum absolute atomic E-state index is 0.627. The second-order valence-corrected chi connectivity index (χ2v) is 15.6. The Balaban J connectivity index is 1.01. The van der Waals surface area contributed by atoms with Crippen molar-refractivity contribution in [2.45, 2.75) is 0 Å². The standard InChI is InChI=1S/C57H35N5/c1-4-14-37(15-5-1)53-52-47(31-28-38-29-32-50(58-54(38)52)48-35-43-20-10-11-21-44(43)45-22-12-13-23-46(45)48)49-34-42(30-33-51(49)59-53)36-24-26-41(27-25-36)57-61-55(39-16-6-2-7-17-39)60-56(62-57)40-18-8-3-9-19-40/h1-35H. The third-order valence-corrected chi connectivity index (χ3v) is 11.9. The van der Waals surface area contributed by atoms with Gasteiger partial charge in [-0.2, -0.15) is 0 Å². The number of pyridine rings is 2. The Bertz CT molecular complexity index is 3610. The minimum Gasteiger partial charge on any atom is -0.247 e. The van der Waals surface area contributed by atoms with E-state index >= 15 is 0 Å². The van der Waals surface area contributed by atoms with Crippen molar-refractivity contribution in [2.75, 3.05) is 0 Å². The van der Waals surface area contributed by atoms with Crippen LogP contribution in [0.25, 0.3) is 122 Å². The molecule has 62 heavy (non-hydrogen) atoms. The van der Waals surface area contributed by atoms with Crippen molar-refractivity contribution in [3.63, 3.8) is 0 Å². The van der Waals surface area contributed by atoms with Crippen LogP contribution in [0, 0.1) is 0 Å². The fourth-order valence-corrected chi connectivity index (χ4v) is 8.83. The van der Waals surface area contributed by atoms with E-state index in [1.807, 2.05) is 60.7 Å². The summed E-state index contributed by atoms with van der Waals surface area (Å²) in [6, 6.07) is 74.0. The molecule has 288 valence electrons. The van der Waals surface area contributed by atoms with Crippen LogP contribution in [0.5, 0.6) is 0 Å². The first-order valence-corrected chi connectivity index (χ1v) is 20.8. The van der Waals surface area contributed by atoms with Crippen molar-refractivity contribution in [2.24, 2.45) is 0 Å². The molecule has 0 saturated carbocycles. The zero-order chi connectivity index (χ0) is 41.0. The maximum Gasteiger partial charge on any atom is 0.164 e. The summed E-state index contributed by atoms with van der Waals surface area (Å²) in [5, 5.41) is 9.14. The lowest BCUT2D eigenvalue weighted by atomic mass is 9.93. The number of fused-ring (bicyclic) bond motifs is 8. The van der Waals surface area contributed by atoms with Crippen LogP contribution in [0.4, 0.5) is 0 Å². The molecule has 0 N–H and O–H groups in total. The topological polar surface area (TPSA) is 64.5 Å². The lowest BCUT2D eigenvalue weighted by molar-refractivity contribution is 1.07. The van der Waals surface area contributed by atoms with Gasteiger partial charge in [-0.3, -0.25) is 0 Å². The van der Waals surface area contributed by atoms with Crippen molar-refractivity contribution in [1.82, 2.24) is 24.9 Å². The van der Waals surface area contributed by atoms with E-state index in [9.17, 15) is 0 Å². The van der Waals surface area contributed by atoms with E-state index in [0.717, 1.165) is 82.9 Å². The summed E-state index contributed by atoms with van der Waals surface area (Å²) in [4.78, 5) is 25.7. The van der Waals surface area contributed by atoms with E-state index < -0.39 is 0 Å². The number of benzene rings is 9. The fourth-order valence-electron chi connectivity index (χ4n) is 8.83. The van der Waals surface area contributed by atoms with Crippen molar-refractivity contribution in [3.05, 3.63) is 212 Å². The van der Waals surface area contributed by atoms with Gasteiger partial charge < -0.3 is 0 Å². The molecule has 0 bridgehead atoms. The molecule has 0 aliphatic carbocycles. The van der Waals surface area contributed by atoms with Crippen LogP contribution in [0.15, 0.2) is 212 Å². The summed E-state index contributed by atoms with van der Waals surface area (Å²) in [6.45, 7) is 0. The van der Waals surface area contributed by atoms with Crippen LogP contribution in [0.3, 0.4) is 0 Å². The maximum absolute atomic E-state index is 5.54. The summed E-state index contributed by atoms with van der Waals surface area (Å²) in [6.07, 6.45) is 0. The van der Waals surface area contributed by atoms with E-state index in [4.69, 9.17) is 24.9 Å². The van der Waals surface area contributed by atoms with E-state index in [2.05, 4.69) is 152 Å². The third-order valence-electron chi connectivity index (χ3n) is 11.9. The molecule has 0 spiro atoms. The van der Waals surface area contributed by atoms with Crippen LogP contribution in [0.2, 0.25) is 0 Å². The number of hydrogen-bond acceptors (Lipinski definition) is 5. The third kappa shape index (κ3) is 6.14. The maximum atomic E-state index is 5.54. The van der Waals surface area contributed by atoms with Gasteiger partial charge >= 0.3 is 0 Å². The normalized spacial score (nSPS) is 11.5. The summed E-state index contributed by atoms with van der Waals surface area (Å²) < 4.78 is 0. The van der Waals surface area contributed by atoms with E-state index in [1.54, 1.807) is 0 Å². The summed E-state index contributed by atoms with van der Waals surface area (Å²) in [5.41, 5.74) is 10.9. The molecular formula is C57H35N5. The second kappa shape index (κ2) is 14.7. The zero-order valence-electron chi connectivity index (χ0n) is 33.4. The summed E-state index contributed by atoms with van der Waals surface area (Å²) >= 11 is 0. The van der Waals surface area contributed by atoms with Gasteiger partial charge in [-0.1, -0.05) is 188 Å². The smallest absolute Gasteiger partial charge is 0.164 e. The van der Waals surface area contributed by atoms with Gasteiger partial charge in [0.05, 0.1) is 22.4 Å². The Morgan fingerprint density at radius 1 is 0.274 bits per heavy atom. The molecule has 5 heteroatoms. The zero-order valence-corrected chi connectivity index (χ0v) is 33.4. The quantitative estimate of drug-likeness (QED) is 0.157. The molecule has 9 aromatic carbocycles. The largest absolute Gasteiger partial charge is 0.247 e. The predicted octanol–water partition coefficient (Wildman–Crippen LogP) is 14.4. The van der Waals surface area contributed by atoms with Crippen LogP contribution in [-0.4, -0.2) is 24.9 Å². The van der Waals surface area contributed by atoms with Crippen LogP contribution >= 0.6 is 0 Å². The number of rotatable bonds is 6. The molecule has 0 aliphatic heterocycles. The molecule has 0 aliphatic rings. The Labute approximate surface area is 357 Å². The summed E-state index contributed by atoms with van der Waals surface area (Å²) in [5.74, 6) is 1.91. The highest BCUT2D eigenvalue weighted by atomic mass is 15.0. The molecule has 3 heterocycles. The van der Waals surface area contributed by atoms with Gasteiger partial charge in [0.1, 0.15) is 0 Å². The number of aromatic nitrogens is 5. The highest BCUT2D eigenvalue weighted by molar-refractivity contribution is 6.21. The van der Waals surface area contributed by atoms with Crippen LogP contribution < -0.4 is 0 Å². The SMILES string of the molecule is c1ccc(-c2nc(-c3ccccc3)nc(-c3ccc(-c4ccc5nc(-c6ccccc6)c6c(ccc7ccc(-c8cc9ccccc9c9ccccc89)nc76)c5c4)cc3)n2)cc1. The molecule has 5 nitrogen and oxygen atoms in total. The second-order valence-electron chi connectivity index (χ2n) is 15.6. The molecule has 0 radical (unpaired) electrons. The number of hydrogen-bond donors (Lipinski definition) is 0. The fraction of sp³-hybridized carbons (Fsp3) is 0. The lowest BCUT2D eigenvalue weighted by Gasteiger charge is -2.15.